The Bertz CT molecular complexity index is 1130. The first-order valence-electron chi connectivity index (χ1n) is 10.5. The molecule has 0 aliphatic heterocycles. The van der Waals surface area contributed by atoms with Gasteiger partial charge < -0.3 is 14.9 Å². The van der Waals surface area contributed by atoms with Crippen LogP contribution >= 0.6 is 0 Å². The van der Waals surface area contributed by atoms with E-state index in [2.05, 4.69) is 0 Å². The third-order valence-corrected chi connectivity index (χ3v) is 5.44. The van der Waals surface area contributed by atoms with Gasteiger partial charge >= 0.3 is 11.9 Å². The molecule has 0 spiro atoms. The molecule has 170 valence electrons. The molecule has 5 nitrogen and oxygen atoms in total. The molecule has 0 aliphatic rings. The molecular formula is C27H25FO5. The number of hydrogen-bond acceptors (Lipinski definition) is 3. The molecule has 33 heavy (non-hydrogen) atoms. The lowest BCUT2D eigenvalue weighted by Gasteiger charge is -2.14. The summed E-state index contributed by atoms with van der Waals surface area (Å²) < 4.78 is 19.1. The fourth-order valence-corrected chi connectivity index (χ4v) is 3.59. The zero-order valence-corrected chi connectivity index (χ0v) is 18.2. The summed E-state index contributed by atoms with van der Waals surface area (Å²) in [7, 11) is 1.53. The quantitative estimate of drug-likeness (QED) is 0.413. The van der Waals surface area contributed by atoms with Crippen LogP contribution in [0.2, 0.25) is 0 Å². The van der Waals surface area contributed by atoms with Crippen molar-refractivity contribution >= 4 is 18.0 Å². The van der Waals surface area contributed by atoms with Gasteiger partial charge in [0.05, 0.1) is 18.2 Å². The molecular weight excluding hydrogens is 423 g/mol. The average molecular weight is 448 g/mol. The van der Waals surface area contributed by atoms with Gasteiger partial charge in [0.1, 0.15) is 11.6 Å². The van der Waals surface area contributed by atoms with Gasteiger partial charge in [0.2, 0.25) is 0 Å². The van der Waals surface area contributed by atoms with E-state index in [1.54, 1.807) is 42.5 Å². The predicted octanol–water partition coefficient (Wildman–Crippen LogP) is 5.74. The standard InChI is InChI=1S/C27H25FO5/c1-33-25-15-14-24(28)17-23(25)13-8-19(16-20-6-11-22(12-7-20)27(31)32)3-2-18-4-9-21(10-5-18)26(29)30/h4-15,17,19H,2-3,16H2,1H3,(H,29,30)(H,31,32)/b13-8+. The normalized spacial score (nSPS) is 11.9. The molecule has 0 bridgehead atoms. The van der Waals surface area contributed by atoms with Crippen molar-refractivity contribution < 1.29 is 28.9 Å². The number of hydrogen-bond donors (Lipinski definition) is 2. The van der Waals surface area contributed by atoms with E-state index in [0.717, 1.165) is 24.0 Å². The maximum atomic E-state index is 13.7. The molecule has 1 unspecified atom stereocenters. The third-order valence-electron chi connectivity index (χ3n) is 5.44. The van der Waals surface area contributed by atoms with E-state index in [1.165, 1.54) is 19.2 Å². The van der Waals surface area contributed by atoms with E-state index in [4.69, 9.17) is 14.9 Å². The number of aromatic carboxylic acids is 2. The molecule has 3 aromatic carbocycles. The highest BCUT2D eigenvalue weighted by Gasteiger charge is 2.11. The summed E-state index contributed by atoms with van der Waals surface area (Å²) >= 11 is 0. The second kappa shape index (κ2) is 11.1. The Morgan fingerprint density at radius 3 is 2.03 bits per heavy atom. The molecule has 0 saturated heterocycles. The highest BCUT2D eigenvalue weighted by atomic mass is 19.1. The second-order valence-electron chi connectivity index (χ2n) is 7.75. The van der Waals surface area contributed by atoms with E-state index in [-0.39, 0.29) is 22.9 Å². The van der Waals surface area contributed by atoms with Crippen LogP contribution in [-0.4, -0.2) is 29.3 Å². The van der Waals surface area contributed by atoms with Gasteiger partial charge in [-0.05, 0) is 78.8 Å². The van der Waals surface area contributed by atoms with Crippen molar-refractivity contribution in [3.05, 3.63) is 106 Å². The predicted molar refractivity (Wildman–Crippen MR) is 124 cm³/mol. The number of carboxylic acids is 2. The summed E-state index contributed by atoms with van der Waals surface area (Å²) in [6.45, 7) is 0. The fraction of sp³-hybridized carbons (Fsp3) is 0.185. The third kappa shape index (κ3) is 6.77. The number of aryl methyl sites for hydroxylation is 1. The monoisotopic (exact) mass is 448 g/mol. The molecule has 0 fully saturated rings. The van der Waals surface area contributed by atoms with Crippen LogP contribution in [0.1, 0.15) is 43.8 Å². The summed E-state index contributed by atoms with van der Waals surface area (Å²) in [6.07, 6.45) is 6.00. The SMILES string of the molecule is COc1ccc(F)cc1/C=C/C(CCc1ccc(C(=O)O)cc1)Cc1ccc(C(=O)O)cc1. The number of carbonyl (C=O) groups is 2. The first-order valence-corrected chi connectivity index (χ1v) is 10.5. The molecule has 0 saturated carbocycles. The number of benzene rings is 3. The molecule has 0 amide bonds. The molecule has 1 atom stereocenters. The van der Waals surface area contributed by atoms with Crippen molar-refractivity contribution in [1.82, 2.24) is 0 Å². The van der Waals surface area contributed by atoms with Crippen LogP contribution in [0.25, 0.3) is 6.08 Å². The molecule has 0 heterocycles. The van der Waals surface area contributed by atoms with E-state index >= 15 is 0 Å². The van der Waals surface area contributed by atoms with Crippen LogP contribution in [0.5, 0.6) is 5.75 Å². The minimum atomic E-state index is -0.971. The van der Waals surface area contributed by atoms with Crippen LogP contribution in [-0.2, 0) is 12.8 Å². The van der Waals surface area contributed by atoms with Crippen LogP contribution in [0.3, 0.4) is 0 Å². The molecule has 0 aliphatic carbocycles. The van der Waals surface area contributed by atoms with Gasteiger partial charge in [0.15, 0.2) is 0 Å². The number of allylic oxidation sites excluding steroid dienone is 1. The number of ether oxygens (including phenoxy) is 1. The first kappa shape index (κ1) is 23.7. The van der Waals surface area contributed by atoms with Gasteiger partial charge in [-0.15, -0.1) is 0 Å². The lowest BCUT2D eigenvalue weighted by atomic mass is 9.91. The minimum Gasteiger partial charge on any atom is -0.496 e. The minimum absolute atomic E-state index is 0.0767. The second-order valence-corrected chi connectivity index (χ2v) is 7.75. The van der Waals surface area contributed by atoms with Crippen molar-refractivity contribution in [1.29, 1.82) is 0 Å². The lowest BCUT2D eigenvalue weighted by Crippen LogP contribution is -2.05. The summed E-state index contributed by atoms with van der Waals surface area (Å²) in [4.78, 5) is 22.2. The van der Waals surface area contributed by atoms with E-state index in [1.807, 2.05) is 24.3 Å². The van der Waals surface area contributed by atoms with Crippen LogP contribution in [0.15, 0.2) is 72.8 Å². The fourth-order valence-electron chi connectivity index (χ4n) is 3.59. The Morgan fingerprint density at radius 2 is 1.48 bits per heavy atom. The summed E-state index contributed by atoms with van der Waals surface area (Å²) in [5.74, 6) is -1.64. The average Bonchev–Trinajstić information content (AvgIpc) is 2.81. The van der Waals surface area contributed by atoms with Crippen LogP contribution in [0, 0.1) is 11.7 Å². The van der Waals surface area contributed by atoms with Gasteiger partial charge in [0.25, 0.3) is 0 Å². The maximum Gasteiger partial charge on any atom is 0.335 e. The van der Waals surface area contributed by atoms with Crippen molar-refractivity contribution in [2.45, 2.75) is 19.3 Å². The van der Waals surface area contributed by atoms with Gasteiger partial charge in [-0.3, -0.25) is 0 Å². The molecule has 3 rings (SSSR count). The number of methoxy groups -OCH3 is 1. The van der Waals surface area contributed by atoms with Crippen LogP contribution < -0.4 is 4.74 Å². The highest BCUT2D eigenvalue weighted by molar-refractivity contribution is 5.88. The molecule has 3 aromatic rings. The Labute approximate surface area is 191 Å². The number of rotatable bonds is 10. The summed E-state index contributed by atoms with van der Waals surface area (Å²) in [5, 5.41) is 18.2. The Morgan fingerprint density at radius 1 is 0.909 bits per heavy atom. The highest BCUT2D eigenvalue weighted by Crippen LogP contribution is 2.24. The maximum absolute atomic E-state index is 13.7. The Kier molecular flexibility index (Phi) is 7.97. The van der Waals surface area contributed by atoms with E-state index in [9.17, 15) is 14.0 Å². The largest absolute Gasteiger partial charge is 0.496 e. The molecule has 6 heteroatoms. The molecule has 2 N–H and O–H groups in total. The van der Waals surface area contributed by atoms with Crippen molar-refractivity contribution in [3.8, 4) is 5.75 Å². The topological polar surface area (TPSA) is 83.8 Å². The van der Waals surface area contributed by atoms with Gasteiger partial charge in [0, 0.05) is 5.56 Å². The Balaban J connectivity index is 1.79. The summed E-state index contributed by atoms with van der Waals surface area (Å²) in [5.41, 5.74) is 3.11. The number of halogens is 1. The zero-order valence-electron chi connectivity index (χ0n) is 18.2. The van der Waals surface area contributed by atoms with Gasteiger partial charge in [-0.2, -0.15) is 0 Å². The van der Waals surface area contributed by atoms with Gasteiger partial charge in [-0.1, -0.05) is 36.4 Å². The summed E-state index contributed by atoms with van der Waals surface area (Å²) in [6, 6.07) is 17.9. The van der Waals surface area contributed by atoms with E-state index in [0.29, 0.717) is 17.7 Å². The Hall–Kier alpha value is -3.93. The zero-order chi connectivity index (χ0) is 23.8. The first-order chi connectivity index (χ1) is 15.9. The van der Waals surface area contributed by atoms with E-state index < -0.39 is 11.9 Å². The van der Waals surface area contributed by atoms with Crippen molar-refractivity contribution in [2.24, 2.45) is 5.92 Å². The lowest BCUT2D eigenvalue weighted by molar-refractivity contribution is 0.0686. The van der Waals surface area contributed by atoms with Gasteiger partial charge in [-0.25, -0.2) is 14.0 Å². The van der Waals surface area contributed by atoms with Crippen molar-refractivity contribution in [2.75, 3.05) is 7.11 Å². The van der Waals surface area contributed by atoms with Crippen LogP contribution in [0.4, 0.5) is 4.39 Å². The molecule has 0 aromatic heterocycles. The number of carboxylic acid groups (broad SMARTS) is 2. The van der Waals surface area contributed by atoms with Crippen molar-refractivity contribution in [3.63, 3.8) is 0 Å². The molecule has 0 radical (unpaired) electrons. The smallest absolute Gasteiger partial charge is 0.335 e.